The number of ether oxygens (including phenoxy) is 1. The number of rotatable bonds is 4. The van der Waals surface area contributed by atoms with Gasteiger partial charge in [0.15, 0.2) is 0 Å². The normalized spacial score (nSPS) is 16.2. The molecule has 24 heavy (non-hydrogen) atoms. The van der Waals surface area contributed by atoms with Crippen LogP contribution in [0.1, 0.15) is 54.6 Å². The average molecular weight is 345 g/mol. The summed E-state index contributed by atoms with van der Waals surface area (Å²) in [4.78, 5) is 13.3. The molecule has 0 atom stereocenters. The predicted molar refractivity (Wildman–Crippen MR) is 95.5 cm³/mol. The number of hydrogen-bond donors (Lipinski definition) is 1. The lowest BCUT2D eigenvalue weighted by molar-refractivity contribution is 0.0935. The van der Waals surface area contributed by atoms with Crippen molar-refractivity contribution in [2.75, 3.05) is 7.11 Å². The van der Waals surface area contributed by atoms with E-state index >= 15 is 0 Å². The monoisotopic (exact) mass is 345 g/mol. The minimum absolute atomic E-state index is 0.0617. The molecule has 3 rings (SSSR count). The molecule has 1 aromatic carbocycles. The van der Waals surface area contributed by atoms with E-state index in [4.69, 9.17) is 4.74 Å². The fourth-order valence-electron chi connectivity index (χ4n) is 3.15. The van der Waals surface area contributed by atoms with Gasteiger partial charge in [-0.1, -0.05) is 48.7 Å². The molecule has 5 nitrogen and oxygen atoms in total. The van der Waals surface area contributed by atoms with Gasteiger partial charge < -0.3 is 10.1 Å². The number of carbonyl (C=O) groups is 1. The van der Waals surface area contributed by atoms with Crippen molar-refractivity contribution < 1.29 is 9.53 Å². The summed E-state index contributed by atoms with van der Waals surface area (Å²) in [5.41, 5.74) is 1.48. The summed E-state index contributed by atoms with van der Waals surface area (Å²) in [6.07, 6.45) is 8.36. The van der Waals surface area contributed by atoms with Crippen LogP contribution in [0.15, 0.2) is 24.3 Å². The van der Waals surface area contributed by atoms with Crippen LogP contribution in [0.2, 0.25) is 0 Å². The van der Waals surface area contributed by atoms with Gasteiger partial charge in [0, 0.05) is 11.6 Å². The highest BCUT2D eigenvalue weighted by Crippen LogP contribution is 2.27. The van der Waals surface area contributed by atoms with Crippen LogP contribution in [0.3, 0.4) is 0 Å². The van der Waals surface area contributed by atoms with Crippen molar-refractivity contribution in [2.45, 2.75) is 51.0 Å². The van der Waals surface area contributed by atoms with Gasteiger partial charge in [0.1, 0.15) is 16.3 Å². The van der Waals surface area contributed by atoms with Crippen molar-refractivity contribution in [3.63, 3.8) is 0 Å². The molecule has 0 radical (unpaired) electrons. The molecule has 0 bridgehead atoms. The first-order chi connectivity index (χ1) is 11.8. The number of methoxy groups -OCH3 is 1. The maximum atomic E-state index is 12.7. The SMILES string of the molecule is COc1cccc(-c2nnsc2C(=O)NC2CCCCCCC2)c1. The molecule has 1 saturated carbocycles. The second kappa shape index (κ2) is 8.24. The molecule has 1 heterocycles. The molecular formula is C18H23N3O2S. The lowest BCUT2D eigenvalue weighted by atomic mass is 9.96. The smallest absolute Gasteiger partial charge is 0.265 e. The van der Waals surface area contributed by atoms with Gasteiger partial charge in [-0.05, 0) is 36.5 Å². The Balaban J connectivity index is 1.74. The topological polar surface area (TPSA) is 64.1 Å². The van der Waals surface area contributed by atoms with Crippen molar-refractivity contribution in [1.29, 1.82) is 0 Å². The second-order valence-electron chi connectivity index (χ2n) is 6.20. The molecule has 1 N–H and O–H groups in total. The molecule has 2 aromatic rings. The van der Waals surface area contributed by atoms with Gasteiger partial charge in [-0.2, -0.15) is 0 Å². The molecule has 0 spiro atoms. The summed E-state index contributed by atoms with van der Waals surface area (Å²) in [7, 11) is 1.63. The molecule has 1 amide bonds. The van der Waals surface area contributed by atoms with E-state index in [9.17, 15) is 4.79 Å². The van der Waals surface area contributed by atoms with Crippen LogP contribution >= 0.6 is 11.5 Å². The van der Waals surface area contributed by atoms with Crippen LogP contribution < -0.4 is 10.1 Å². The molecule has 1 aromatic heterocycles. The van der Waals surface area contributed by atoms with E-state index in [0.717, 1.165) is 35.7 Å². The Labute approximate surface area is 146 Å². The maximum absolute atomic E-state index is 12.7. The van der Waals surface area contributed by atoms with Gasteiger partial charge in [-0.3, -0.25) is 4.79 Å². The van der Waals surface area contributed by atoms with Crippen molar-refractivity contribution in [3.05, 3.63) is 29.1 Å². The van der Waals surface area contributed by atoms with Crippen LogP contribution in [-0.2, 0) is 0 Å². The Bertz CT molecular complexity index is 678. The van der Waals surface area contributed by atoms with Crippen molar-refractivity contribution in [2.24, 2.45) is 0 Å². The highest BCUT2D eigenvalue weighted by Gasteiger charge is 2.21. The summed E-state index contributed by atoms with van der Waals surface area (Å²) in [5, 5.41) is 7.35. The summed E-state index contributed by atoms with van der Waals surface area (Å²) in [6.45, 7) is 0. The Kier molecular flexibility index (Phi) is 5.80. The van der Waals surface area contributed by atoms with Gasteiger partial charge in [0.05, 0.1) is 7.11 Å². The van der Waals surface area contributed by atoms with E-state index in [1.54, 1.807) is 7.11 Å². The van der Waals surface area contributed by atoms with Gasteiger partial charge in [0.25, 0.3) is 5.91 Å². The first-order valence-corrected chi connectivity index (χ1v) is 9.33. The van der Waals surface area contributed by atoms with Gasteiger partial charge in [-0.15, -0.1) is 5.10 Å². The zero-order valence-electron chi connectivity index (χ0n) is 14.0. The van der Waals surface area contributed by atoms with E-state index in [1.165, 1.54) is 32.1 Å². The summed E-state index contributed by atoms with van der Waals surface area (Å²) < 4.78 is 9.25. The number of hydrogen-bond acceptors (Lipinski definition) is 5. The summed E-state index contributed by atoms with van der Waals surface area (Å²) in [5.74, 6) is 0.681. The third-order valence-corrected chi connectivity index (χ3v) is 5.20. The van der Waals surface area contributed by atoms with E-state index in [1.807, 2.05) is 24.3 Å². The van der Waals surface area contributed by atoms with Crippen molar-refractivity contribution in [3.8, 4) is 17.0 Å². The summed E-state index contributed by atoms with van der Waals surface area (Å²) >= 11 is 1.15. The molecule has 128 valence electrons. The fraction of sp³-hybridized carbons (Fsp3) is 0.500. The quantitative estimate of drug-likeness (QED) is 0.908. The molecule has 0 unspecified atom stereocenters. The molecule has 1 fully saturated rings. The number of nitrogens with zero attached hydrogens (tertiary/aromatic N) is 2. The first-order valence-electron chi connectivity index (χ1n) is 8.55. The number of nitrogens with one attached hydrogen (secondary N) is 1. The Morgan fingerprint density at radius 3 is 2.71 bits per heavy atom. The zero-order valence-corrected chi connectivity index (χ0v) is 14.8. The Morgan fingerprint density at radius 1 is 1.21 bits per heavy atom. The highest BCUT2D eigenvalue weighted by atomic mass is 32.1. The Hall–Kier alpha value is -1.95. The van der Waals surface area contributed by atoms with Crippen LogP contribution in [0.5, 0.6) is 5.75 Å². The lowest BCUT2D eigenvalue weighted by Crippen LogP contribution is -2.35. The van der Waals surface area contributed by atoms with Crippen molar-refractivity contribution >= 4 is 17.4 Å². The third-order valence-electron chi connectivity index (χ3n) is 4.48. The molecule has 1 aliphatic rings. The standard InChI is InChI=1S/C18H23N3O2S/c1-23-15-11-7-8-13(12-15)16-17(24-21-20-16)18(22)19-14-9-5-3-2-4-6-10-14/h7-8,11-12,14H,2-6,9-10H2,1H3,(H,19,22). The summed E-state index contributed by atoms with van der Waals surface area (Å²) in [6, 6.07) is 7.83. The minimum Gasteiger partial charge on any atom is -0.497 e. The fourth-order valence-corrected chi connectivity index (χ4v) is 3.74. The van der Waals surface area contributed by atoms with Crippen LogP contribution in [0.25, 0.3) is 11.3 Å². The van der Waals surface area contributed by atoms with Crippen LogP contribution in [0, 0.1) is 0 Å². The second-order valence-corrected chi connectivity index (χ2v) is 6.95. The van der Waals surface area contributed by atoms with Gasteiger partial charge >= 0.3 is 0 Å². The Morgan fingerprint density at radius 2 is 1.96 bits per heavy atom. The molecule has 0 saturated heterocycles. The van der Waals surface area contributed by atoms with Gasteiger partial charge in [-0.25, -0.2) is 0 Å². The predicted octanol–water partition coefficient (Wildman–Crippen LogP) is 4.06. The number of aromatic nitrogens is 2. The highest BCUT2D eigenvalue weighted by molar-refractivity contribution is 7.08. The van der Waals surface area contributed by atoms with Crippen LogP contribution in [-0.4, -0.2) is 28.6 Å². The zero-order chi connectivity index (χ0) is 16.8. The maximum Gasteiger partial charge on any atom is 0.265 e. The first kappa shape index (κ1) is 16.9. The van der Waals surface area contributed by atoms with Gasteiger partial charge in [0.2, 0.25) is 0 Å². The molecule has 6 heteroatoms. The largest absolute Gasteiger partial charge is 0.497 e. The minimum atomic E-state index is -0.0617. The van der Waals surface area contributed by atoms with E-state index in [2.05, 4.69) is 14.9 Å². The number of amides is 1. The molecule has 0 aliphatic heterocycles. The van der Waals surface area contributed by atoms with E-state index < -0.39 is 0 Å². The van der Waals surface area contributed by atoms with E-state index in [-0.39, 0.29) is 11.9 Å². The van der Waals surface area contributed by atoms with Crippen molar-refractivity contribution in [1.82, 2.24) is 14.9 Å². The number of carbonyl (C=O) groups excluding carboxylic acids is 1. The molecule has 1 aliphatic carbocycles. The van der Waals surface area contributed by atoms with E-state index in [0.29, 0.717) is 10.6 Å². The lowest BCUT2D eigenvalue weighted by Gasteiger charge is -2.20. The van der Waals surface area contributed by atoms with Crippen LogP contribution in [0.4, 0.5) is 0 Å². The third kappa shape index (κ3) is 4.12. The average Bonchev–Trinajstić information content (AvgIpc) is 3.07. The number of benzene rings is 1. The molecular weight excluding hydrogens is 322 g/mol.